The van der Waals surface area contributed by atoms with E-state index in [2.05, 4.69) is 4.90 Å². The van der Waals surface area contributed by atoms with Crippen molar-refractivity contribution in [2.24, 2.45) is 5.92 Å². The van der Waals surface area contributed by atoms with E-state index >= 15 is 0 Å². The second-order valence-corrected chi connectivity index (χ2v) is 6.19. The van der Waals surface area contributed by atoms with Gasteiger partial charge in [0.1, 0.15) is 24.3 Å². The van der Waals surface area contributed by atoms with Gasteiger partial charge in [0.2, 0.25) is 0 Å². The summed E-state index contributed by atoms with van der Waals surface area (Å²) in [7, 11) is 0. The Bertz CT molecular complexity index is 478. The van der Waals surface area contributed by atoms with Crippen LogP contribution in [0.5, 0.6) is 5.75 Å². The number of hydrogen-bond acceptors (Lipinski definition) is 5. The zero-order valence-electron chi connectivity index (χ0n) is 13.2. The molecule has 2 atom stereocenters. The molecule has 2 saturated heterocycles. The van der Waals surface area contributed by atoms with Gasteiger partial charge in [-0.05, 0) is 43.7 Å². The van der Waals surface area contributed by atoms with Gasteiger partial charge in [0.15, 0.2) is 6.29 Å². The van der Waals surface area contributed by atoms with Crippen molar-refractivity contribution >= 4 is 0 Å². The van der Waals surface area contributed by atoms with Gasteiger partial charge in [0.25, 0.3) is 0 Å². The van der Waals surface area contributed by atoms with Crippen LogP contribution in [0.15, 0.2) is 24.3 Å². The second kappa shape index (κ2) is 8.06. The lowest BCUT2D eigenvalue weighted by atomic mass is 9.97. The van der Waals surface area contributed by atoms with Crippen molar-refractivity contribution < 1.29 is 23.7 Å². The normalized spacial score (nSPS) is 24.7. The van der Waals surface area contributed by atoms with Gasteiger partial charge in [-0.25, -0.2) is 4.39 Å². The molecule has 2 heterocycles. The molecule has 0 amide bonds. The third kappa shape index (κ3) is 4.88. The quantitative estimate of drug-likeness (QED) is 0.862. The summed E-state index contributed by atoms with van der Waals surface area (Å²) in [5.41, 5.74) is 0. The number of aliphatic hydroxyl groups is 1. The van der Waals surface area contributed by atoms with Crippen LogP contribution >= 0.6 is 0 Å². The molecule has 1 aromatic carbocycles. The van der Waals surface area contributed by atoms with Gasteiger partial charge in [-0.15, -0.1) is 0 Å². The van der Waals surface area contributed by atoms with Gasteiger partial charge in [0, 0.05) is 19.0 Å². The molecule has 128 valence electrons. The van der Waals surface area contributed by atoms with Crippen LogP contribution in [0.3, 0.4) is 0 Å². The van der Waals surface area contributed by atoms with Gasteiger partial charge in [-0.2, -0.15) is 0 Å². The van der Waals surface area contributed by atoms with E-state index in [4.69, 9.17) is 14.2 Å². The summed E-state index contributed by atoms with van der Waals surface area (Å²) >= 11 is 0. The Kier molecular flexibility index (Phi) is 5.83. The number of halogens is 1. The molecule has 2 fully saturated rings. The highest BCUT2D eigenvalue weighted by Crippen LogP contribution is 2.25. The van der Waals surface area contributed by atoms with E-state index in [1.807, 2.05) is 0 Å². The molecular formula is C17H24FNO4. The lowest BCUT2D eigenvalue weighted by Crippen LogP contribution is -2.44. The van der Waals surface area contributed by atoms with E-state index in [0.29, 0.717) is 31.4 Å². The standard InChI is InChI=1S/C17H24FNO4/c18-14-3-5-16(6-4-14)23-12-15(20)11-19-7-1-2-13(10-19)17-21-8-9-22-17/h3-6,13,15,17,20H,1-2,7-12H2. The second-order valence-electron chi connectivity index (χ2n) is 6.19. The first kappa shape index (κ1) is 16.6. The third-order valence-corrected chi connectivity index (χ3v) is 4.30. The fourth-order valence-electron chi connectivity index (χ4n) is 3.20. The van der Waals surface area contributed by atoms with E-state index < -0.39 is 6.10 Å². The van der Waals surface area contributed by atoms with Crippen molar-refractivity contribution in [1.29, 1.82) is 0 Å². The zero-order chi connectivity index (χ0) is 16.1. The molecule has 2 aliphatic heterocycles. The number of nitrogens with zero attached hydrogens (tertiary/aromatic N) is 1. The average molecular weight is 325 g/mol. The molecule has 0 saturated carbocycles. The smallest absolute Gasteiger partial charge is 0.161 e. The van der Waals surface area contributed by atoms with Crippen molar-refractivity contribution in [3.63, 3.8) is 0 Å². The number of rotatable bonds is 6. The minimum atomic E-state index is -0.579. The summed E-state index contributed by atoms with van der Waals surface area (Å²) in [5, 5.41) is 10.2. The van der Waals surface area contributed by atoms with E-state index in [1.54, 1.807) is 12.1 Å². The number of likely N-dealkylation sites (tertiary alicyclic amines) is 1. The van der Waals surface area contributed by atoms with Gasteiger partial charge in [0.05, 0.1) is 13.2 Å². The molecule has 0 bridgehead atoms. The lowest BCUT2D eigenvalue weighted by Gasteiger charge is -2.35. The Morgan fingerprint density at radius 2 is 2.00 bits per heavy atom. The molecule has 0 spiro atoms. The Balaban J connectivity index is 1.41. The van der Waals surface area contributed by atoms with E-state index in [1.165, 1.54) is 12.1 Å². The Morgan fingerprint density at radius 3 is 2.74 bits per heavy atom. The predicted molar refractivity (Wildman–Crippen MR) is 82.8 cm³/mol. The fourth-order valence-corrected chi connectivity index (χ4v) is 3.20. The number of hydrogen-bond donors (Lipinski definition) is 1. The maximum Gasteiger partial charge on any atom is 0.161 e. The van der Waals surface area contributed by atoms with Crippen LogP contribution in [-0.4, -0.2) is 61.9 Å². The van der Waals surface area contributed by atoms with Crippen LogP contribution in [0.2, 0.25) is 0 Å². The summed E-state index contributed by atoms with van der Waals surface area (Å²) in [5.74, 6) is 0.639. The summed E-state index contributed by atoms with van der Waals surface area (Å²) in [4.78, 5) is 2.23. The number of piperidine rings is 1. The first-order chi connectivity index (χ1) is 11.2. The average Bonchev–Trinajstić information content (AvgIpc) is 3.09. The molecule has 5 nitrogen and oxygen atoms in total. The van der Waals surface area contributed by atoms with Crippen molar-refractivity contribution in [2.75, 3.05) is 39.5 Å². The number of aliphatic hydroxyl groups excluding tert-OH is 1. The summed E-state index contributed by atoms with van der Waals surface area (Å²) in [6, 6.07) is 5.82. The third-order valence-electron chi connectivity index (χ3n) is 4.30. The van der Waals surface area contributed by atoms with Gasteiger partial charge < -0.3 is 24.2 Å². The lowest BCUT2D eigenvalue weighted by molar-refractivity contribution is -0.103. The molecule has 0 aliphatic carbocycles. The molecule has 0 aromatic heterocycles. The van der Waals surface area contributed by atoms with Crippen LogP contribution in [-0.2, 0) is 9.47 Å². The van der Waals surface area contributed by atoms with E-state index in [0.717, 1.165) is 25.9 Å². The Hall–Kier alpha value is -1.21. The maximum absolute atomic E-state index is 12.8. The molecule has 2 unspecified atom stereocenters. The number of ether oxygens (including phenoxy) is 3. The van der Waals surface area contributed by atoms with E-state index in [9.17, 15) is 9.50 Å². The van der Waals surface area contributed by atoms with Crippen LogP contribution in [0.25, 0.3) is 0 Å². The SMILES string of the molecule is OC(COc1ccc(F)cc1)CN1CCCC(C2OCCO2)C1. The highest BCUT2D eigenvalue weighted by Gasteiger charge is 2.31. The Morgan fingerprint density at radius 1 is 1.26 bits per heavy atom. The predicted octanol–water partition coefficient (Wildman–Crippen LogP) is 1.65. The van der Waals surface area contributed by atoms with Crippen molar-refractivity contribution in [3.8, 4) is 5.75 Å². The molecule has 23 heavy (non-hydrogen) atoms. The molecule has 0 radical (unpaired) electrons. The summed E-state index contributed by atoms with van der Waals surface area (Å²) in [6.45, 7) is 3.95. The topological polar surface area (TPSA) is 51.2 Å². The highest BCUT2D eigenvalue weighted by molar-refractivity contribution is 5.22. The van der Waals surface area contributed by atoms with E-state index in [-0.39, 0.29) is 18.7 Å². The minimum Gasteiger partial charge on any atom is -0.491 e. The van der Waals surface area contributed by atoms with Gasteiger partial charge >= 0.3 is 0 Å². The van der Waals surface area contributed by atoms with Crippen molar-refractivity contribution in [2.45, 2.75) is 25.2 Å². The zero-order valence-corrected chi connectivity index (χ0v) is 13.2. The molecule has 2 aliphatic rings. The molecule has 1 aromatic rings. The minimum absolute atomic E-state index is 0.0922. The van der Waals surface area contributed by atoms with Gasteiger partial charge in [-0.1, -0.05) is 0 Å². The van der Waals surface area contributed by atoms with Gasteiger partial charge in [-0.3, -0.25) is 0 Å². The van der Waals surface area contributed by atoms with Crippen molar-refractivity contribution in [1.82, 2.24) is 4.90 Å². The van der Waals surface area contributed by atoms with Crippen LogP contribution in [0.4, 0.5) is 4.39 Å². The molecular weight excluding hydrogens is 301 g/mol. The number of benzene rings is 1. The first-order valence-corrected chi connectivity index (χ1v) is 8.23. The van der Waals surface area contributed by atoms with Crippen LogP contribution in [0, 0.1) is 11.7 Å². The molecule has 3 rings (SSSR count). The summed E-state index contributed by atoms with van der Waals surface area (Å²) in [6.07, 6.45) is 1.51. The molecule has 1 N–H and O–H groups in total. The molecule has 6 heteroatoms. The van der Waals surface area contributed by atoms with Crippen molar-refractivity contribution in [3.05, 3.63) is 30.1 Å². The fraction of sp³-hybridized carbons (Fsp3) is 0.647. The largest absolute Gasteiger partial charge is 0.491 e. The monoisotopic (exact) mass is 325 g/mol. The summed E-state index contributed by atoms with van der Waals surface area (Å²) < 4.78 is 29.5. The first-order valence-electron chi connectivity index (χ1n) is 8.23. The number of β-amino-alcohol motifs (C(OH)–C–C–N with tert-alkyl or cyclic N) is 1. The van der Waals surface area contributed by atoms with Crippen LogP contribution in [0.1, 0.15) is 12.8 Å². The Labute approximate surface area is 135 Å². The maximum atomic E-state index is 12.8. The van der Waals surface area contributed by atoms with Crippen LogP contribution < -0.4 is 4.74 Å². The highest BCUT2D eigenvalue weighted by atomic mass is 19.1.